The van der Waals surface area contributed by atoms with Crippen LogP contribution < -0.4 is 10.6 Å². The fourth-order valence-electron chi connectivity index (χ4n) is 2.69. The lowest BCUT2D eigenvalue weighted by Gasteiger charge is -2.09. The smallest absolute Gasteiger partial charge is 0.257 e. The fourth-order valence-corrected chi connectivity index (χ4v) is 2.86. The lowest BCUT2D eigenvalue weighted by Crippen LogP contribution is -2.10. The summed E-state index contributed by atoms with van der Waals surface area (Å²) in [5, 5.41) is 6.79. The highest BCUT2D eigenvalue weighted by molar-refractivity contribution is 6.31. The standard InChI is InChI=1S/C20H14ClN3O/c21-14-6-8-16-18(12-14)23-17-9-5-13(11-19(17)24-20(16)25)4-7-15-3-1-2-10-22-15/h1-12,23H,(H,24,25)/b7-4+. The largest absolute Gasteiger partial charge is 0.353 e. The molecule has 1 aliphatic rings. The summed E-state index contributed by atoms with van der Waals surface area (Å²) in [6, 6.07) is 16.8. The number of pyridine rings is 1. The average Bonchev–Trinajstić information content (AvgIpc) is 2.75. The molecule has 0 unspecified atom stereocenters. The van der Waals surface area contributed by atoms with Crippen LogP contribution in [0.4, 0.5) is 17.1 Å². The molecule has 122 valence electrons. The molecule has 5 heteroatoms. The average molecular weight is 348 g/mol. The van der Waals surface area contributed by atoms with Gasteiger partial charge in [0.05, 0.1) is 28.3 Å². The molecule has 0 saturated carbocycles. The van der Waals surface area contributed by atoms with Gasteiger partial charge in [-0.2, -0.15) is 0 Å². The van der Waals surface area contributed by atoms with Crippen LogP contribution in [0.5, 0.6) is 0 Å². The van der Waals surface area contributed by atoms with Crippen LogP contribution in [0.3, 0.4) is 0 Å². The van der Waals surface area contributed by atoms with Crippen molar-refractivity contribution in [2.45, 2.75) is 0 Å². The van der Waals surface area contributed by atoms with E-state index < -0.39 is 0 Å². The zero-order chi connectivity index (χ0) is 17.2. The number of rotatable bonds is 2. The number of fused-ring (bicyclic) bond motifs is 2. The number of nitrogens with one attached hydrogen (secondary N) is 2. The fraction of sp³-hybridized carbons (Fsp3) is 0. The van der Waals surface area contributed by atoms with E-state index in [1.54, 1.807) is 24.4 Å². The Morgan fingerprint density at radius 1 is 0.880 bits per heavy atom. The van der Waals surface area contributed by atoms with E-state index in [0.29, 0.717) is 16.3 Å². The van der Waals surface area contributed by atoms with Crippen molar-refractivity contribution in [3.63, 3.8) is 0 Å². The number of nitrogens with zero attached hydrogens (tertiary/aromatic N) is 1. The van der Waals surface area contributed by atoms with Crippen LogP contribution in [0.2, 0.25) is 5.02 Å². The van der Waals surface area contributed by atoms with Crippen LogP contribution in [0.25, 0.3) is 12.2 Å². The molecule has 4 nitrogen and oxygen atoms in total. The number of aromatic nitrogens is 1. The Morgan fingerprint density at radius 2 is 1.80 bits per heavy atom. The van der Waals surface area contributed by atoms with E-state index in [9.17, 15) is 4.79 Å². The Hall–Kier alpha value is -3.11. The summed E-state index contributed by atoms with van der Waals surface area (Å²) in [7, 11) is 0. The summed E-state index contributed by atoms with van der Waals surface area (Å²) in [4.78, 5) is 16.7. The number of carbonyl (C=O) groups is 1. The van der Waals surface area contributed by atoms with Gasteiger partial charge in [-0.05, 0) is 54.1 Å². The first kappa shape index (κ1) is 15.4. The molecule has 2 aromatic carbocycles. The highest BCUT2D eigenvalue weighted by atomic mass is 35.5. The zero-order valence-electron chi connectivity index (χ0n) is 13.2. The van der Waals surface area contributed by atoms with Crippen molar-refractivity contribution in [3.8, 4) is 0 Å². The van der Waals surface area contributed by atoms with E-state index in [1.165, 1.54) is 0 Å². The molecular weight excluding hydrogens is 334 g/mol. The summed E-state index contributed by atoms with van der Waals surface area (Å²) in [6.45, 7) is 0. The quantitative estimate of drug-likeness (QED) is 0.668. The summed E-state index contributed by atoms with van der Waals surface area (Å²) in [5.41, 5.74) is 4.65. The van der Waals surface area contributed by atoms with Crippen molar-refractivity contribution in [1.29, 1.82) is 0 Å². The summed E-state index contributed by atoms with van der Waals surface area (Å²) in [6.07, 6.45) is 5.65. The number of hydrogen-bond acceptors (Lipinski definition) is 3. The molecule has 2 N–H and O–H groups in total. The van der Waals surface area contributed by atoms with Crippen molar-refractivity contribution < 1.29 is 4.79 Å². The summed E-state index contributed by atoms with van der Waals surface area (Å²) in [5.74, 6) is -0.163. The molecule has 0 fully saturated rings. The van der Waals surface area contributed by atoms with Crippen LogP contribution in [-0.2, 0) is 0 Å². The maximum Gasteiger partial charge on any atom is 0.257 e. The van der Waals surface area contributed by atoms with Crippen molar-refractivity contribution in [2.75, 3.05) is 10.6 Å². The van der Waals surface area contributed by atoms with Gasteiger partial charge >= 0.3 is 0 Å². The normalized spacial score (nSPS) is 12.8. The van der Waals surface area contributed by atoms with Crippen molar-refractivity contribution >= 4 is 46.7 Å². The van der Waals surface area contributed by atoms with Gasteiger partial charge in [0.25, 0.3) is 5.91 Å². The van der Waals surface area contributed by atoms with E-state index in [2.05, 4.69) is 15.6 Å². The predicted octanol–water partition coefficient (Wildman–Crippen LogP) is 5.21. The second-order valence-electron chi connectivity index (χ2n) is 5.66. The molecule has 0 atom stereocenters. The van der Waals surface area contributed by atoms with Gasteiger partial charge in [0, 0.05) is 11.2 Å². The van der Waals surface area contributed by atoms with Crippen LogP contribution in [-0.4, -0.2) is 10.9 Å². The molecule has 2 heterocycles. The number of hydrogen-bond donors (Lipinski definition) is 2. The molecule has 0 spiro atoms. The van der Waals surface area contributed by atoms with E-state index in [1.807, 2.05) is 48.6 Å². The van der Waals surface area contributed by atoms with Gasteiger partial charge in [0.2, 0.25) is 0 Å². The Labute approximate surface area is 150 Å². The van der Waals surface area contributed by atoms with Gasteiger partial charge in [-0.25, -0.2) is 0 Å². The van der Waals surface area contributed by atoms with Crippen molar-refractivity contribution in [2.24, 2.45) is 0 Å². The van der Waals surface area contributed by atoms with Crippen LogP contribution in [0.1, 0.15) is 21.6 Å². The van der Waals surface area contributed by atoms with E-state index in [4.69, 9.17) is 11.6 Å². The van der Waals surface area contributed by atoms with Gasteiger partial charge in [-0.3, -0.25) is 9.78 Å². The molecule has 4 rings (SSSR count). The van der Waals surface area contributed by atoms with E-state index in [0.717, 1.165) is 22.6 Å². The Kier molecular flexibility index (Phi) is 3.96. The lowest BCUT2D eigenvalue weighted by molar-refractivity contribution is 0.102. The minimum Gasteiger partial charge on any atom is -0.353 e. The first-order valence-corrected chi connectivity index (χ1v) is 8.18. The third-order valence-corrected chi connectivity index (χ3v) is 4.16. The third kappa shape index (κ3) is 3.25. The number of anilines is 3. The highest BCUT2D eigenvalue weighted by Crippen LogP contribution is 2.34. The molecule has 0 bridgehead atoms. The molecule has 1 aromatic heterocycles. The minimum absolute atomic E-state index is 0.163. The Morgan fingerprint density at radius 3 is 2.64 bits per heavy atom. The van der Waals surface area contributed by atoms with Crippen LogP contribution in [0, 0.1) is 0 Å². The molecule has 3 aromatic rings. The molecule has 0 aliphatic carbocycles. The first-order valence-electron chi connectivity index (χ1n) is 7.80. The van der Waals surface area contributed by atoms with Crippen LogP contribution in [0.15, 0.2) is 60.8 Å². The molecule has 25 heavy (non-hydrogen) atoms. The van der Waals surface area contributed by atoms with E-state index >= 15 is 0 Å². The molecule has 0 radical (unpaired) electrons. The molecule has 0 saturated heterocycles. The number of amides is 1. The predicted molar refractivity (Wildman–Crippen MR) is 102 cm³/mol. The minimum atomic E-state index is -0.163. The maximum atomic E-state index is 12.4. The lowest BCUT2D eigenvalue weighted by atomic mass is 10.1. The Bertz CT molecular complexity index is 983. The number of halogens is 1. The highest BCUT2D eigenvalue weighted by Gasteiger charge is 2.19. The molecule has 1 amide bonds. The van der Waals surface area contributed by atoms with Gasteiger partial charge in [-0.15, -0.1) is 0 Å². The van der Waals surface area contributed by atoms with Crippen LogP contribution >= 0.6 is 11.6 Å². The summed E-state index contributed by atoms with van der Waals surface area (Å²) >= 11 is 6.04. The second kappa shape index (κ2) is 6.42. The van der Waals surface area contributed by atoms with Crippen molar-refractivity contribution in [1.82, 2.24) is 4.98 Å². The Balaban J connectivity index is 1.67. The first-order chi connectivity index (χ1) is 12.2. The molecular formula is C20H14ClN3O. The topological polar surface area (TPSA) is 54.0 Å². The number of benzene rings is 2. The number of carbonyl (C=O) groups excluding carboxylic acids is 1. The third-order valence-electron chi connectivity index (χ3n) is 3.92. The van der Waals surface area contributed by atoms with Gasteiger partial charge in [-0.1, -0.05) is 29.8 Å². The summed E-state index contributed by atoms with van der Waals surface area (Å²) < 4.78 is 0. The van der Waals surface area contributed by atoms with E-state index in [-0.39, 0.29) is 5.91 Å². The van der Waals surface area contributed by atoms with Gasteiger partial charge in [0.15, 0.2) is 0 Å². The van der Waals surface area contributed by atoms with Gasteiger partial charge in [0.1, 0.15) is 0 Å². The van der Waals surface area contributed by atoms with Gasteiger partial charge < -0.3 is 10.6 Å². The monoisotopic (exact) mass is 347 g/mol. The SMILES string of the molecule is O=C1Nc2cc(/C=C/c3ccccn3)ccc2Nc2cc(Cl)ccc21. The van der Waals surface area contributed by atoms with Crippen molar-refractivity contribution in [3.05, 3.63) is 82.6 Å². The maximum absolute atomic E-state index is 12.4. The molecule has 1 aliphatic heterocycles. The zero-order valence-corrected chi connectivity index (χ0v) is 13.9. The second-order valence-corrected chi connectivity index (χ2v) is 6.10.